The number of carbonyl (C=O) groups is 2. The van der Waals surface area contributed by atoms with Crippen LogP contribution < -0.4 is 0 Å². The van der Waals surface area contributed by atoms with E-state index in [-0.39, 0.29) is 5.70 Å². The van der Waals surface area contributed by atoms with Crippen LogP contribution in [0.25, 0.3) is 10.4 Å². The fraction of sp³-hybridized carbons (Fsp3) is 0.250. The van der Waals surface area contributed by atoms with Gasteiger partial charge in [0.25, 0.3) is 0 Å². The minimum absolute atomic E-state index is 0.0862. The molecule has 2 rings (SSSR count). The number of hydrogen-bond acceptors (Lipinski definition) is 3. The average Bonchev–Trinajstić information content (AvgIpc) is 2.24. The van der Waals surface area contributed by atoms with Gasteiger partial charge < -0.3 is 5.11 Å². The normalized spacial score (nSPS) is 27.3. The van der Waals surface area contributed by atoms with E-state index in [2.05, 4.69) is 10.0 Å². The van der Waals surface area contributed by atoms with Gasteiger partial charge in [0, 0.05) is 4.91 Å². The number of amides is 1. The molecule has 1 saturated heterocycles. The van der Waals surface area contributed by atoms with E-state index in [1.54, 1.807) is 6.08 Å². The van der Waals surface area contributed by atoms with Crippen molar-refractivity contribution in [2.24, 2.45) is 5.11 Å². The summed E-state index contributed by atoms with van der Waals surface area (Å²) in [6.45, 7) is 0. The maximum Gasteiger partial charge on any atom is 0.352 e. The summed E-state index contributed by atoms with van der Waals surface area (Å²) in [5, 5.41) is 12.1. The van der Waals surface area contributed by atoms with Crippen molar-refractivity contribution in [1.29, 1.82) is 0 Å². The summed E-state index contributed by atoms with van der Waals surface area (Å²) in [4.78, 5) is 25.8. The van der Waals surface area contributed by atoms with Gasteiger partial charge in [-0.3, -0.25) is 9.69 Å². The number of azide groups is 1. The number of fused-ring (bicyclic) bond motifs is 1. The summed E-state index contributed by atoms with van der Waals surface area (Å²) in [6, 6.07) is -1.27. The average molecular weight is 206 g/mol. The van der Waals surface area contributed by atoms with Crippen LogP contribution in [0.15, 0.2) is 29.0 Å². The summed E-state index contributed by atoms with van der Waals surface area (Å²) in [5.41, 5.74) is 8.13. The minimum Gasteiger partial charge on any atom is -0.477 e. The first-order chi connectivity index (χ1) is 7.16. The molecule has 2 unspecified atom stereocenters. The molecule has 1 N–H and O–H groups in total. The Labute approximate surface area is 83.9 Å². The molecule has 1 fully saturated rings. The molecule has 2 aliphatic rings. The van der Waals surface area contributed by atoms with E-state index in [1.807, 2.05) is 0 Å². The highest BCUT2D eigenvalue weighted by molar-refractivity contribution is 6.00. The Morgan fingerprint density at radius 2 is 2.40 bits per heavy atom. The van der Waals surface area contributed by atoms with Crippen molar-refractivity contribution in [3.8, 4) is 0 Å². The van der Waals surface area contributed by atoms with E-state index in [9.17, 15) is 9.59 Å². The molecule has 0 aliphatic carbocycles. The van der Waals surface area contributed by atoms with E-state index in [0.29, 0.717) is 0 Å². The van der Waals surface area contributed by atoms with Gasteiger partial charge in [-0.15, -0.1) is 0 Å². The molecule has 0 aromatic heterocycles. The van der Waals surface area contributed by atoms with E-state index < -0.39 is 24.0 Å². The molecule has 0 aromatic rings. The zero-order chi connectivity index (χ0) is 11.0. The second-order valence-electron chi connectivity index (χ2n) is 3.09. The summed E-state index contributed by atoms with van der Waals surface area (Å²) in [5.74, 6) is -1.65. The van der Waals surface area contributed by atoms with E-state index in [1.165, 1.54) is 12.2 Å². The molecule has 7 heteroatoms. The van der Waals surface area contributed by atoms with Gasteiger partial charge in [-0.25, -0.2) is 4.79 Å². The highest BCUT2D eigenvalue weighted by Gasteiger charge is 2.49. The lowest BCUT2D eigenvalue weighted by molar-refractivity contribution is -0.149. The molecule has 2 atom stereocenters. The quantitative estimate of drug-likeness (QED) is 0.306. The van der Waals surface area contributed by atoms with Gasteiger partial charge in [-0.05, 0) is 11.6 Å². The van der Waals surface area contributed by atoms with Gasteiger partial charge in [0.2, 0.25) is 5.91 Å². The lowest BCUT2D eigenvalue weighted by Crippen LogP contribution is -2.63. The standard InChI is InChI=1S/C8H6N4O3/c9-11-10-6-4-2-1-3-5(8(14)15)12(4)7(6)13/h1-4,6H,(H,14,15). The van der Waals surface area contributed by atoms with Crippen LogP contribution in [-0.4, -0.2) is 34.0 Å². The fourth-order valence-corrected chi connectivity index (χ4v) is 1.65. The van der Waals surface area contributed by atoms with Gasteiger partial charge in [0.05, 0.1) is 6.04 Å². The van der Waals surface area contributed by atoms with Gasteiger partial charge in [0.1, 0.15) is 11.7 Å². The van der Waals surface area contributed by atoms with Crippen LogP contribution in [-0.2, 0) is 9.59 Å². The predicted molar refractivity (Wildman–Crippen MR) is 48.4 cm³/mol. The molecule has 76 valence electrons. The lowest BCUT2D eigenvalue weighted by Gasteiger charge is -2.44. The fourth-order valence-electron chi connectivity index (χ4n) is 1.65. The van der Waals surface area contributed by atoms with Crippen LogP contribution in [0.3, 0.4) is 0 Å². The summed E-state index contributed by atoms with van der Waals surface area (Å²) in [7, 11) is 0. The smallest absolute Gasteiger partial charge is 0.352 e. The number of carbonyl (C=O) groups excluding carboxylic acids is 1. The summed E-state index contributed by atoms with van der Waals surface area (Å²) >= 11 is 0. The van der Waals surface area contributed by atoms with E-state index in [4.69, 9.17) is 10.6 Å². The number of allylic oxidation sites excluding steroid dienone is 2. The Balaban J connectivity index is 2.30. The number of carboxylic acids is 1. The highest BCUT2D eigenvalue weighted by Crippen LogP contribution is 2.31. The SMILES string of the molecule is [N-]=[N+]=NC1C(=O)N2C(C(=O)O)=CC=CC12. The molecule has 0 spiro atoms. The van der Waals surface area contributed by atoms with Crippen molar-refractivity contribution in [3.63, 3.8) is 0 Å². The van der Waals surface area contributed by atoms with Crippen LogP contribution in [0.1, 0.15) is 0 Å². The molecule has 0 saturated carbocycles. The zero-order valence-electron chi connectivity index (χ0n) is 7.44. The Morgan fingerprint density at radius 3 is 3.00 bits per heavy atom. The van der Waals surface area contributed by atoms with Crippen LogP contribution in [0.4, 0.5) is 0 Å². The number of β-lactam (4-membered cyclic amide) rings is 1. The minimum atomic E-state index is -1.17. The highest BCUT2D eigenvalue weighted by atomic mass is 16.4. The number of carboxylic acid groups (broad SMARTS) is 1. The van der Waals surface area contributed by atoms with Crippen LogP contribution >= 0.6 is 0 Å². The Hall–Kier alpha value is -2.27. The molecule has 15 heavy (non-hydrogen) atoms. The molecule has 0 aromatic carbocycles. The first-order valence-corrected chi connectivity index (χ1v) is 4.16. The van der Waals surface area contributed by atoms with Crippen molar-refractivity contribution < 1.29 is 14.7 Å². The number of rotatable bonds is 2. The maximum absolute atomic E-state index is 11.4. The van der Waals surface area contributed by atoms with Crippen LogP contribution in [0.2, 0.25) is 0 Å². The van der Waals surface area contributed by atoms with Crippen molar-refractivity contribution in [2.45, 2.75) is 12.1 Å². The molecular formula is C8H6N4O3. The number of nitrogens with zero attached hydrogens (tertiary/aromatic N) is 4. The van der Waals surface area contributed by atoms with Crippen molar-refractivity contribution in [3.05, 3.63) is 34.4 Å². The first-order valence-electron chi connectivity index (χ1n) is 4.16. The summed E-state index contributed by atoms with van der Waals surface area (Å²) in [6.07, 6.45) is 4.51. The van der Waals surface area contributed by atoms with Gasteiger partial charge >= 0.3 is 5.97 Å². The Bertz CT molecular complexity index is 447. The van der Waals surface area contributed by atoms with E-state index >= 15 is 0 Å². The third kappa shape index (κ3) is 1.18. The van der Waals surface area contributed by atoms with Crippen LogP contribution in [0, 0.1) is 0 Å². The summed E-state index contributed by atoms with van der Waals surface area (Å²) < 4.78 is 0. The molecule has 1 amide bonds. The second-order valence-corrected chi connectivity index (χ2v) is 3.09. The molecule has 0 radical (unpaired) electrons. The monoisotopic (exact) mass is 206 g/mol. The Kier molecular flexibility index (Phi) is 1.95. The van der Waals surface area contributed by atoms with E-state index in [0.717, 1.165) is 4.90 Å². The predicted octanol–water partition coefficient (Wildman–Crippen LogP) is 0.414. The van der Waals surface area contributed by atoms with Gasteiger partial charge in [0.15, 0.2) is 0 Å². The lowest BCUT2D eigenvalue weighted by atomic mass is 9.92. The van der Waals surface area contributed by atoms with Gasteiger partial charge in [-0.2, -0.15) is 0 Å². The topological polar surface area (TPSA) is 106 Å². The Morgan fingerprint density at radius 1 is 1.67 bits per heavy atom. The zero-order valence-corrected chi connectivity index (χ0v) is 7.44. The molecule has 0 bridgehead atoms. The van der Waals surface area contributed by atoms with Crippen molar-refractivity contribution >= 4 is 11.9 Å². The molecule has 2 heterocycles. The van der Waals surface area contributed by atoms with Crippen molar-refractivity contribution in [2.75, 3.05) is 0 Å². The molecule has 2 aliphatic heterocycles. The third-order valence-corrected chi connectivity index (χ3v) is 2.33. The number of hydrogen-bond donors (Lipinski definition) is 1. The third-order valence-electron chi connectivity index (χ3n) is 2.33. The number of aliphatic carboxylic acids is 1. The molecular weight excluding hydrogens is 200 g/mol. The first kappa shape index (κ1) is 9.29. The molecule has 7 nitrogen and oxygen atoms in total. The van der Waals surface area contributed by atoms with Crippen LogP contribution in [0.5, 0.6) is 0 Å². The second kappa shape index (κ2) is 3.14. The largest absolute Gasteiger partial charge is 0.477 e. The maximum atomic E-state index is 11.4. The van der Waals surface area contributed by atoms with Crippen molar-refractivity contribution in [1.82, 2.24) is 4.90 Å². The van der Waals surface area contributed by atoms with Gasteiger partial charge in [-0.1, -0.05) is 17.3 Å².